The van der Waals surface area contributed by atoms with Crippen LogP contribution >= 0.6 is 28.3 Å². The fourth-order valence-electron chi connectivity index (χ4n) is 2.33. The Hall–Kier alpha value is -1.37. The summed E-state index contributed by atoms with van der Waals surface area (Å²) < 4.78 is 1.01. The second-order valence-corrected chi connectivity index (χ2v) is 5.68. The summed E-state index contributed by atoms with van der Waals surface area (Å²) in [6.45, 7) is 2.12. The molecule has 3 rings (SSSR count). The SMILES string of the molecule is Cl.O=C(NCc1cccc(Br)c1)c1n[nH]c2c1CNCC2. The summed E-state index contributed by atoms with van der Waals surface area (Å²) in [7, 11) is 0. The zero-order valence-electron chi connectivity index (χ0n) is 11.3. The van der Waals surface area contributed by atoms with Crippen LogP contribution in [0.5, 0.6) is 0 Å². The first-order chi connectivity index (χ1) is 9.74. The number of carbonyl (C=O) groups is 1. The minimum Gasteiger partial charge on any atom is -0.347 e. The van der Waals surface area contributed by atoms with Crippen LogP contribution in [-0.4, -0.2) is 22.6 Å². The maximum Gasteiger partial charge on any atom is 0.272 e. The highest BCUT2D eigenvalue weighted by Crippen LogP contribution is 2.15. The molecule has 0 fully saturated rings. The van der Waals surface area contributed by atoms with Crippen molar-refractivity contribution in [1.82, 2.24) is 20.8 Å². The van der Waals surface area contributed by atoms with Gasteiger partial charge in [-0.3, -0.25) is 9.89 Å². The molecule has 1 aromatic heterocycles. The summed E-state index contributed by atoms with van der Waals surface area (Å²) >= 11 is 3.42. The van der Waals surface area contributed by atoms with Gasteiger partial charge in [-0.15, -0.1) is 12.4 Å². The van der Waals surface area contributed by atoms with Crippen molar-refractivity contribution in [3.63, 3.8) is 0 Å². The molecule has 3 N–H and O–H groups in total. The highest BCUT2D eigenvalue weighted by Gasteiger charge is 2.21. The van der Waals surface area contributed by atoms with E-state index in [-0.39, 0.29) is 18.3 Å². The molecule has 0 saturated heterocycles. The molecule has 1 aliphatic heterocycles. The summed E-state index contributed by atoms with van der Waals surface area (Å²) in [5.41, 5.74) is 3.61. The number of carbonyl (C=O) groups excluding carboxylic acids is 1. The average Bonchev–Trinajstić information content (AvgIpc) is 2.89. The van der Waals surface area contributed by atoms with E-state index in [1.807, 2.05) is 24.3 Å². The topological polar surface area (TPSA) is 69.8 Å². The van der Waals surface area contributed by atoms with E-state index >= 15 is 0 Å². The highest BCUT2D eigenvalue weighted by molar-refractivity contribution is 9.10. The minimum atomic E-state index is -0.133. The summed E-state index contributed by atoms with van der Waals surface area (Å²) in [5, 5.41) is 13.3. The Kier molecular flexibility index (Phi) is 5.39. The number of benzene rings is 1. The number of hydrogen-bond acceptors (Lipinski definition) is 3. The summed E-state index contributed by atoms with van der Waals surface area (Å²) in [4.78, 5) is 12.2. The van der Waals surface area contributed by atoms with Gasteiger partial charge < -0.3 is 10.6 Å². The molecular weight excluding hydrogens is 356 g/mol. The standard InChI is InChI=1S/C14H15BrN4O.ClH/c15-10-3-1-2-9(6-10)7-17-14(20)13-11-8-16-5-4-12(11)18-19-13;/h1-3,6,16H,4-5,7-8H2,(H,17,20)(H,18,19);1H. The highest BCUT2D eigenvalue weighted by atomic mass is 79.9. The third-order valence-corrected chi connectivity index (χ3v) is 3.86. The maximum absolute atomic E-state index is 12.2. The van der Waals surface area contributed by atoms with E-state index in [9.17, 15) is 4.79 Å². The lowest BCUT2D eigenvalue weighted by molar-refractivity contribution is 0.0944. The first kappa shape index (κ1) is 16.0. The quantitative estimate of drug-likeness (QED) is 0.774. The fourth-order valence-corrected chi connectivity index (χ4v) is 2.77. The number of hydrogen-bond donors (Lipinski definition) is 3. The van der Waals surface area contributed by atoms with Gasteiger partial charge in [0.2, 0.25) is 0 Å². The molecule has 0 bridgehead atoms. The van der Waals surface area contributed by atoms with Crippen molar-refractivity contribution in [2.45, 2.75) is 19.5 Å². The van der Waals surface area contributed by atoms with Gasteiger partial charge in [-0.1, -0.05) is 28.1 Å². The molecule has 0 unspecified atom stereocenters. The molecule has 5 nitrogen and oxygen atoms in total. The Morgan fingerprint density at radius 1 is 1.43 bits per heavy atom. The van der Waals surface area contributed by atoms with Crippen LogP contribution in [0, 0.1) is 0 Å². The third-order valence-electron chi connectivity index (χ3n) is 3.36. The van der Waals surface area contributed by atoms with Crippen molar-refractivity contribution in [1.29, 1.82) is 0 Å². The van der Waals surface area contributed by atoms with Crippen molar-refractivity contribution in [3.8, 4) is 0 Å². The molecule has 21 heavy (non-hydrogen) atoms. The van der Waals surface area contributed by atoms with Crippen LogP contribution in [0.1, 0.15) is 27.3 Å². The molecule has 1 aromatic carbocycles. The van der Waals surface area contributed by atoms with Gasteiger partial charge in [-0.2, -0.15) is 5.10 Å². The third kappa shape index (κ3) is 3.64. The Balaban J connectivity index is 0.00000161. The predicted octanol–water partition coefficient (Wildman–Crippen LogP) is 2.17. The number of aromatic nitrogens is 2. The molecule has 0 aliphatic carbocycles. The van der Waals surface area contributed by atoms with Gasteiger partial charge in [0, 0.05) is 41.8 Å². The first-order valence-corrected chi connectivity index (χ1v) is 7.33. The molecule has 0 saturated carbocycles. The lowest BCUT2D eigenvalue weighted by atomic mass is 10.1. The van der Waals surface area contributed by atoms with Crippen LogP contribution in [0.25, 0.3) is 0 Å². The number of nitrogens with zero attached hydrogens (tertiary/aromatic N) is 1. The van der Waals surface area contributed by atoms with Gasteiger partial charge in [-0.25, -0.2) is 0 Å². The Bertz CT molecular complexity index is 644. The zero-order chi connectivity index (χ0) is 13.9. The molecule has 2 heterocycles. The molecule has 1 aliphatic rings. The zero-order valence-corrected chi connectivity index (χ0v) is 13.7. The van der Waals surface area contributed by atoms with E-state index in [0.29, 0.717) is 18.8 Å². The monoisotopic (exact) mass is 370 g/mol. The van der Waals surface area contributed by atoms with Gasteiger partial charge in [0.25, 0.3) is 5.91 Å². The number of amides is 1. The van der Waals surface area contributed by atoms with Gasteiger partial charge >= 0.3 is 0 Å². The summed E-state index contributed by atoms with van der Waals surface area (Å²) in [5.74, 6) is -0.133. The van der Waals surface area contributed by atoms with Crippen LogP contribution in [0.3, 0.4) is 0 Å². The van der Waals surface area contributed by atoms with Gasteiger partial charge in [0.05, 0.1) is 0 Å². The van der Waals surface area contributed by atoms with E-state index in [1.165, 1.54) is 0 Å². The largest absolute Gasteiger partial charge is 0.347 e. The van der Waals surface area contributed by atoms with Crippen molar-refractivity contribution in [2.24, 2.45) is 0 Å². The molecule has 0 radical (unpaired) electrons. The van der Waals surface area contributed by atoms with E-state index in [1.54, 1.807) is 0 Å². The number of H-pyrrole nitrogens is 1. The van der Waals surface area contributed by atoms with Gasteiger partial charge in [0.1, 0.15) is 0 Å². The minimum absolute atomic E-state index is 0. The van der Waals surface area contributed by atoms with Crippen LogP contribution < -0.4 is 10.6 Å². The second-order valence-electron chi connectivity index (χ2n) is 4.77. The molecule has 2 aromatic rings. The van der Waals surface area contributed by atoms with Gasteiger partial charge in [0.15, 0.2) is 5.69 Å². The molecule has 0 spiro atoms. The van der Waals surface area contributed by atoms with E-state index in [4.69, 9.17) is 0 Å². The van der Waals surface area contributed by atoms with Crippen LogP contribution in [0.4, 0.5) is 0 Å². The number of fused-ring (bicyclic) bond motifs is 1. The lowest BCUT2D eigenvalue weighted by Gasteiger charge is -2.12. The van der Waals surface area contributed by atoms with Crippen LogP contribution in [-0.2, 0) is 19.5 Å². The molecule has 7 heteroatoms. The predicted molar refractivity (Wildman–Crippen MR) is 86.6 cm³/mol. The lowest BCUT2D eigenvalue weighted by Crippen LogP contribution is -2.28. The van der Waals surface area contributed by atoms with Gasteiger partial charge in [-0.05, 0) is 17.7 Å². The number of aromatic amines is 1. The Morgan fingerprint density at radius 3 is 3.10 bits per heavy atom. The summed E-state index contributed by atoms with van der Waals surface area (Å²) in [6.07, 6.45) is 0.890. The number of rotatable bonds is 3. The molecule has 112 valence electrons. The second kappa shape index (κ2) is 7.06. The summed E-state index contributed by atoms with van der Waals surface area (Å²) in [6, 6.07) is 7.88. The number of nitrogens with one attached hydrogen (secondary N) is 3. The Morgan fingerprint density at radius 2 is 2.29 bits per heavy atom. The van der Waals surface area contributed by atoms with E-state index < -0.39 is 0 Å². The van der Waals surface area contributed by atoms with Crippen molar-refractivity contribution >= 4 is 34.2 Å². The molecule has 0 atom stereocenters. The normalized spacial score (nSPS) is 13.2. The smallest absolute Gasteiger partial charge is 0.272 e. The van der Waals surface area contributed by atoms with Crippen molar-refractivity contribution < 1.29 is 4.79 Å². The first-order valence-electron chi connectivity index (χ1n) is 6.53. The fraction of sp³-hybridized carbons (Fsp3) is 0.286. The van der Waals surface area contributed by atoms with Crippen LogP contribution in [0.15, 0.2) is 28.7 Å². The van der Waals surface area contributed by atoms with Crippen molar-refractivity contribution in [3.05, 3.63) is 51.3 Å². The number of halogens is 2. The van der Waals surface area contributed by atoms with Crippen LogP contribution in [0.2, 0.25) is 0 Å². The van der Waals surface area contributed by atoms with Crippen molar-refractivity contribution in [2.75, 3.05) is 6.54 Å². The van der Waals surface area contributed by atoms with E-state index in [2.05, 4.69) is 36.8 Å². The van der Waals surface area contributed by atoms with E-state index in [0.717, 1.165) is 34.3 Å². The molecular formula is C14H16BrClN4O. The average molecular weight is 372 g/mol. The molecule has 1 amide bonds. The Labute approximate surface area is 137 Å². The maximum atomic E-state index is 12.2.